The van der Waals surface area contributed by atoms with Crippen molar-refractivity contribution in [3.8, 4) is 0 Å². The molecule has 0 heterocycles. The number of fused-ring (bicyclic) bond motifs is 1. The molecule has 0 aliphatic heterocycles. The zero-order valence-corrected chi connectivity index (χ0v) is 8.16. The molecule has 2 nitrogen and oxygen atoms in total. The van der Waals surface area contributed by atoms with Crippen LogP contribution < -0.4 is 5.73 Å². The van der Waals surface area contributed by atoms with E-state index in [0.29, 0.717) is 6.42 Å². The van der Waals surface area contributed by atoms with Crippen molar-refractivity contribution in [3.05, 3.63) is 47.7 Å². The fourth-order valence-electron chi connectivity index (χ4n) is 2.01. The SMILES string of the molecule is C=C(O)C1(N)CCc2ccccc2C1. The maximum absolute atomic E-state index is 9.44. The third kappa shape index (κ3) is 1.42. The van der Waals surface area contributed by atoms with Crippen LogP contribution in [-0.2, 0) is 12.8 Å². The fourth-order valence-corrected chi connectivity index (χ4v) is 2.01. The summed E-state index contributed by atoms with van der Waals surface area (Å²) in [6, 6.07) is 8.23. The van der Waals surface area contributed by atoms with Crippen LogP contribution in [0.5, 0.6) is 0 Å². The molecule has 0 amide bonds. The summed E-state index contributed by atoms with van der Waals surface area (Å²) in [7, 11) is 0. The average Bonchev–Trinajstić information content (AvgIpc) is 2.17. The number of aliphatic hydroxyl groups excluding tert-OH is 1. The molecule has 0 saturated carbocycles. The molecule has 1 atom stereocenters. The van der Waals surface area contributed by atoms with E-state index in [1.165, 1.54) is 11.1 Å². The van der Waals surface area contributed by atoms with Crippen molar-refractivity contribution in [1.29, 1.82) is 0 Å². The number of hydrogen-bond acceptors (Lipinski definition) is 2. The molecule has 14 heavy (non-hydrogen) atoms. The molecule has 0 saturated heterocycles. The summed E-state index contributed by atoms with van der Waals surface area (Å²) in [6.45, 7) is 3.55. The quantitative estimate of drug-likeness (QED) is 0.663. The summed E-state index contributed by atoms with van der Waals surface area (Å²) in [5, 5.41) is 9.44. The topological polar surface area (TPSA) is 46.2 Å². The van der Waals surface area contributed by atoms with E-state index in [4.69, 9.17) is 5.73 Å². The molecule has 2 rings (SSSR count). The Labute approximate surface area is 84.1 Å². The molecular weight excluding hydrogens is 174 g/mol. The Kier molecular flexibility index (Phi) is 2.08. The van der Waals surface area contributed by atoms with Crippen LogP contribution in [-0.4, -0.2) is 10.6 Å². The van der Waals surface area contributed by atoms with Gasteiger partial charge in [0.25, 0.3) is 0 Å². The molecule has 0 aromatic heterocycles. The number of rotatable bonds is 1. The predicted molar refractivity (Wildman–Crippen MR) is 57.2 cm³/mol. The lowest BCUT2D eigenvalue weighted by atomic mass is 9.78. The second-order valence-electron chi connectivity index (χ2n) is 4.05. The van der Waals surface area contributed by atoms with Gasteiger partial charge in [-0.2, -0.15) is 0 Å². The monoisotopic (exact) mass is 189 g/mol. The van der Waals surface area contributed by atoms with E-state index >= 15 is 0 Å². The zero-order valence-electron chi connectivity index (χ0n) is 8.16. The Morgan fingerprint density at radius 1 is 1.36 bits per heavy atom. The molecule has 0 spiro atoms. The van der Waals surface area contributed by atoms with Gasteiger partial charge < -0.3 is 10.8 Å². The van der Waals surface area contributed by atoms with Gasteiger partial charge in [-0.25, -0.2) is 0 Å². The third-order valence-electron chi connectivity index (χ3n) is 3.04. The van der Waals surface area contributed by atoms with Crippen molar-refractivity contribution in [3.63, 3.8) is 0 Å². The first-order valence-electron chi connectivity index (χ1n) is 4.86. The zero-order chi connectivity index (χ0) is 10.2. The van der Waals surface area contributed by atoms with Crippen LogP contribution in [0.15, 0.2) is 36.6 Å². The smallest absolute Gasteiger partial charge is 0.105 e. The van der Waals surface area contributed by atoms with Gasteiger partial charge in [-0.15, -0.1) is 0 Å². The molecule has 1 aromatic carbocycles. The van der Waals surface area contributed by atoms with Crippen molar-refractivity contribution in [1.82, 2.24) is 0 Å². The average molecular weight is 189 g/mol. The highest BCUT2D eigenvalue weighted by atomic mass is 16.3. The lowest BCUT2D eigenvalue weighted by molar-refractivity contribution is 0.274. The lowest BCUT2D eigenvalue weighted by Crippen LogP contribution is -2.46. The summed E-state index contributed by atoms with van der Waals surface area (Å²) >= 11 is 0. The molecule has 1 aliphatic carbocycles. The van der Waals surface area contributed by atoms with E-state index in [9.17, 15) is 5.11 Å². The van der Waals surface area contributed by atoms with Crippen molar-refractivity contribution in [2.45, 2.75) is 24.8 Å². The van der Waals surface area contributed by atoms with Crippen LogP contribution in [0.25, 0.3) is 0 Å². The van der Waals surface area contributed by atoms with Crippen molar-refractivity contribution < 1.29 is 5.11 Å². The molecule has 0 bridgehead atoms. The molecule has 2 heteroatoms. The highest BCUT2D eigenvalue weighted by Crippen LogP contribution is 2.30. The van der Waals surface area contributed by atoms with Gasteiger partial charge in [-0.3, -0.25) is 0 Å². The highest BCUT2D eigenvalue weighted by Gasteiger charge is 2.32. The minimum Gasteiger partial charge on any atom is -0.511 e. The lowest BCUT2D eigenvalue weighted by Gasteiger charge is -2.33. The van der Waals surface area contributed by atoms with Crippen LogP contribution in [0.1, 0.15) is 17.5 Å². The van der Waals surface area contributed by atoms with Crippen molar-refractivity contribution >= 4 is 0 Å². The standard InChI is InChI=1S/C12H15NO/c1-9(14)12(13)7-6-10-4-2-3-5-11(10)8-12/h2-5,14H,1,6-8,13H2. The molecule has 0 radical (unpaired) electrons. The summed E-state index contributed by atoms with van der Waals surface area (Å²) < 4.78 is 0. The minimum atomic E-state index is -0.617. The maximum Gasteiger partial charge on any atom is 0.105 e. The Hall–Kier alpha value is -1.28. The number of hydrogen-bond donors (Lipinski definition) is 2. The molecule has 3 N–H and O–H groups in total. The van der Waals surface area contributed by atoms with E-state index in [0.717, 1.165) is 12.8 Å². The summed E-state index contributed by atoms with van der Waals surface area (Å²) in [5.41, 5.74) is 8.03. The number of aryl methyl sites for hydroxylation is 1. The molecule has 1 unspecified atom stereocenters. The van der Waals surface area contributed by atoms with Gasteiger partial charge in [-0.1, -0.05) is 30.8 Å². The van der Waals surface area contributed by atoms with E-state index < -0.39 is 5.54 Å². The van der Waals surface area contributed by atoms with Gasteiger partial charge in [0.2, 0.25) is 0 Å². The van der Waals surface area contributed by atoms with Crippen LogP contribution >= 0.6 is 0 Å². The van der Waals surface area contributed by atoms with Crippen molar-refractivity contribution in [2.24, 2.45) is 5.73 Å². The van der Waals surface area contributed by atoms with E-state index in [2.05, 4.69) is 18.7 Å². The Bertz CT molecular complexity index is 372. The van der Waals surface area contributed by atoms with Crippen molar-refractivity contribution in [2.75, 3.05) is 0 Å². The predicted octanol–water partition coefficient (Wildman–Crippen LogP) is 1.94. The van der Waals surface area contributed by atoms with Gasteiger partial charge in [0.05, 0.1) is 5.54 Å². The molecule has 74 valence electrons. The highest BCUT2D eigenvalue weighted by molar-refractivity contribution is 5.34. The molecule has 1 aliphatic rings. The summed E-state index contributed by atoms with van der Waals surface area (Å²) in [6.07, 6.45) is 2.39. The second-order valence-corrected chi connectivity index (χ2v) is 4.05. The summed E-state index contributed by atoms with van der Waals surface area (Å²) in [4.78, 5) is 0. The van der Waals surface area contributed by atoms with Gasteiger partial charge >= 0.3 is 0 Å². The summed E-state index contributed by atoms with van der Waals surface area (Å²) in [5.74, 6) is 0.104. The Balaban J connectivity index is 2.34. The first-order valence-corrected chi connectivity index (χ1v) is 4.86. The normalized spacial score (nSPS) is 25.5. The van der Waals surface area contributed by atoms with Gasteiger partial charge in [0.1, 0.15) is 5.76 Å². The van der Waals surface area contributed by atoms with Crippen LogP contribution in [0.4, 0.5) is 0 Å². The van der Waals surface area contributed by atoms with E-state index in [-0.39, 0.29) is 5.76 Å². The van der Waals surface area contributed by atoms with Gasteiger partial charge in [0, 0.05) is 0 Å². The number of nitrogens with two attached hydrogens (primary N) is 1. The fraction of sp³-hybridized carbons (Fsp3) is 0.333. The van der Waals surface area contributed by atoms with Crippen LogP contribution in [0.3, 0.4) is 0 Å². The second kappa shape index (κ2) is 3.14. The first kappa shape index (κ1) is 9.28. The number of aliphatic hydroxyl groups is 1. The Morgan fingerprint density at radius 3 is 2.64 bits per heavy atom. The maximum atomic E-state index is 9.44. The third-order valence-corrected chi connectivity index (χ3v) is 3.04. The van der Waals surface area contributed by atoms with Gasteiger partial charge in [-0.05, 0) is 30.4 Å². The van der Waals surface area contributed by atoms with Gasteiger partial charge in [0.15, 0.2) is 0 Å². The molecule has 0 fully saturated rings. The molecular formula is C12H15NO. The van der Waals surface area contributed by atoms with Crippen LogP contribution in [0.2, 0.25) is 0 Å². The minimum absolute atomic E-state index is 0.104. The van der Waals surface area contributed by atoms with Crippen LogP contribution in [0, 0.1) is 0 Å². The van der Waals surface area contributed by atoms with E-state index in [1.54, 1.807) is 0 Å². The first-order chi connectivity index (χ1) is 6.62. The Morgan fingerprint density at radius 2 is 2.00 bits per heavy atom. The largest absolute Gasteiger partial charge is 0.511 e. The van der Waals surface area contributed by atoms with E-state index in [1.807, 2.05) is 12.1 Å². The molecule has 1 aromatic rings. The number of benzene rings is 1.